The minimum atomic E-state index is -0.287. The molecule has 1 amide bonds. The van der Waals surface area contributed by atoms with E-state index in [9.17, 15) is 4.79 Å². The van der Waals surface area contributed by atoms with Crippen LogP contribution in [0.1, 0.15) is 26.8 Å². The summed E-state index contributed by atoms with van der Waals surface area (Å²) in [4.78, 5) is 18.2. The molecule has 1 aliphatic rings. The Balaban J connectivity index is 2.08. The highest BCUT2D eigenvalue weighted by atomic mass is 16.2. The summed E-state index contributed by atoms with van der Waals surface area (Å²) in [5, 5.41) is 7.38. The number of aromatic nitrogens is 3. The number of amides is 1. The van der Waals surface area contributed by atoms with E-state index in [1.165, 1.54) is 6.33 Å². The molecule has 17 heavy (non-hydrogen) atoms. The third kappa shape index (κ3) is 2.46. The molecule has 6 nitrogen and oxygen atoms in total. The summed E-state index contributed by atoms with van der Waals surface area (Å²) in [5.74, 6) is 0.108. The molecule has 3 unspecified atom stereocenters. The fourth-order valence-corrected chi connectivity index (χ4v) is 2.10. The van der Waals surface area contributed by atoms with Crippen molar-refractivity contribution in [2.24, 2.45) is 0 Å². The first kappa shape index (κ1) is 12.0. The van der Waals surface area contributed by atoms with Gasteiger partial charge in [0.2, 0.25) is 5.91 Å². The second-order valence-electron chi connectivity index (χ2n) is 4.70. The van der Waals surface area contributed by atoms with Gasteiger partial charge in [-0.1, -0.05) is 0 Å². The Morgan fingerprint density at radius 2 is 2.29 bits per heavy atom. The maximum absolute atomic E-state index is 12.4. The van der Waals surface area contributed by atoms with Crippen LogP contribution in [-0.2, 0) is 4.79 Å². The van der Waals surface area contributed by atoms with E-state index in [0.29, 0.717) is 6.04 Å². The first-order chi connectivity index (χ1) is 8.09. The molecular formula is C11H19N5O. The lowest BCUT2D eigenvalue weighted by Crippen LogP contribution is -2.57. The average Bonchev–Trinajstić information content (AvgIpc) is 2.84. The maximum Gasteiger partial charge on any atom is 0.247 e. The summed E-state index contributed by atoms with van der Waals surface area (Å²) in [6.07, 6.45) is 3.03. The zero-order valence-electron chi connectivity index (χ0n) is 10.5. The topological polar surface area (TPSA) is 63.1 Å². The SMILES string of the molecule is CC1CN(C(=O)C(C)n2cncn2)C(C)CN1. The molecule has 0 radical (unpaired) electrons. The predicted octanol–water partition coefficient (Wildman–Crippen LogP) is 0.0479. The van der Waals surface area contributed by atoms with Gasteiger partial charge in [-0.3, -0.25) is 4.79 Å². The van der Waals surface area contributed by atoms with E-state index >= 15 is 0 Å². The number of hydrogen-bond donors (Lipinski definition) is 1. The summed E-state index contributed by atoms with van der Waals surface area (Å²) in [7, 11) is 0. The van der Waals surface area contributed by atoms with Crippen molar-refractivity contribution in [3.05, 3.63) is 12.7 Å². The van der Waals surface area contributed by atoms with Gasteiger partial charge in [0.15, 0.2) is 0 Å². The van der Waals surface area contributed by atoms with E-state index in [0.717, 1.165) is 13.1 Å². The molecule has 0 bridgehead atoms. The van der Waals surface area contributed by atoms with Gasteiger partial charge in [-0.15, -0.1) is 0 Å². The molecule has 1 aromatic heterocycles. The van der Waals surface area contributed by atoms with E-state index in [1.54, 1.807) is 11.0 Å². The highest BCUT2D eigenvalue weighted by Crippen LogP contribution is 2.14. The Morgan fingerprint density at radius 3 is 2.94 bits per heavy atom. The fourth-order valence-electron chi connectivity index (χ4n) is 2.10. The zero-order chi connectivity index (χ0) is 12.4. The molecule has 3 atom stereocenters. The highest BCUT2D eigenvalue weighted by Gasteiger charge is 2.30. The van der Waals surface area contributed by atoms with Crippen molar-refractivity contribution in [1.29, 1.82) is 0 Å². The van der Waals surface area contributed by atoms with Crippen molar-refractivity contribution in [3.8, 4) is 0 Å². The lowest BCUT2D eigenvalue weighted by atomic mass is 10.1. The summed E-state index contributed by atoms with van der Waals surface area (Å²) in [6.45, 7) is 7.60. The Hall–Kier alpha value is -1.43. The quantitative estimate of drug-likeness (QED) is 0.789. The molecule has 1 aliphatic heterocycles. The van der Waals surface area contributed by atoms with E-state index in [4.69, 9.17) is 0 Å². The van der Waals surface area contributed by atoms with Crippen LogP contribution in [0.5, 0.6) is 0 Å². The van der Waals surface area contributed by atoms with Crippen LogP contribution < -0.4 is 5.32 Å². The van der Waals surface area contributed by atoms with Crippen LogP contribution in [0.4, 0.5) is 0 Å². The lowest BCUT2D eigenvalue weighted by molar-refractivity contribution is -0.138. The highest BCUT2D eigenvalue weighted by molar-refractivity contribution is 5.80. The Labute approximate surface area is 101 Å². The van der Waals surface area contributed by atoms with Gasteiger partial charge in [0.25, 0.3) is 0 Å². The summed E-state index contributed by atoms with van der Waals surface area (Å²) >= 11 is 0. The lowest BCUT2D eigenvalue weighted by Gasteiger charge is -2.38. The van der Waals surface area contributed by atoms with Gasteiger partial charge >= 0.3 is 0 Å². The third-order valence-electron chi connectivity index (χ3n) is 3.24. The Morgan fingerprint density at radius 1 is 1.53 bits per heavy atom. The molecule has 1 aromatic rings. The van der Waals surface area contributed by atoms with Crippen molar-refractivity contribution in [1.82, 2.24) is 25.0 Å². The molecule has 0 saturated carbocycles. The largest absolute Gasteiger partial charge is 0.335 e. The average molecular weight is 237 g/mol. The van der Waals surface area contributed by atoms with Crippen LogP contribution in [0.3, 0.4) is 0 Å². The molecule has 2 heterocycles. The van der Waals surface area contributed by atoms with Crippen LogP contribution in [-0.4, -0.2) is 50.7 Å². The molecule has 0 aliphatic carbocycles. The van der Waals surface area contributed by atoms with Gasteiger partial charge < -0.3 is 10.2 Å². The first-order valence-electron chi connectivity index (χ1n) is 5.97. The van der Waals surface area contributed by atoms with Gasteiger partial charge in [-0.2, -0.15) is 5.10 Å². The van der Waals surface area contributed by atoms with Crippen LogP contribution in [0.15, 0.2) is 12.7 Å². The molecular weight excluding hydrogens is 218 g/mol. The molecule has 0 aromatic carbocycles. The number of hydrogen-bond acceptors (Lipinski definition) is 4. The van der Waals surface area contributed by atoms with Crippen LogP contribution in [0.2, 0.25) is 0 Å². The van der Waals surface area contributed by atoms with Crippen LogP contribution >= 0.6 is 0 Å². The van der Waals surface area contributed by atoms with E-state index in [2.05, 4.69) is 29.2 Å². The molecule has 94 valence electrons. The normalized spacial score (nSPS) is 26.9. The van der Waals surface area contributed by atoms with Gasteiger partial charge in [0.05, 0.1) is 0 Å². The Bertz CT molecular complexity index is 377. The molecule has 1 N–H and O–H groups in total. The monoisotopic (exact) mass is 237 g/mol. The molecule has 2 rings (SSSR count). The van der Waals surface area contributed by atoms with Crippen molar-refractivity contribution < 1.29 is 4.79 Å². The van der Waals surface area contributed by atoms with Crippen LogP contribution in [0.25, 0.3) is 0 Å². The van der Waals surface area contributed by atoms with Gasteiger partial charge in [-0.25, -0.2) is 9.67 Å². The number of nitrogens with zero attached hydrogens (tertiary/aromatic N) is 4. The first-order valence-corrected chi connectivity index (χ1v) is 5.97. The molecule has 1 fully saturated rings. The van der Waals surface area contributed by atoms with Gasteiger partial charge in [-0.05, 0) is 20.8 Å². The summed E-state index contributed by atoms with van der Waals surface area (Å²) in [6, 6.07) is 0.285. The number of nitrogens with one attached hydrogen (secondary N) is 1. The minimum absolute atomic E-state index is 0.108. The zero-order valence-corrected chi connectivity index (χ0v) is 10.5. The maximum atomic E-state index is 12.4. The number of rotatable bonds is 2. The molecule has 6 heteroatoms. The van der Waals surface area contributed by atoms with E-state index in [1.807, 2.05) is 11.8 Å². The van der Waals surface area contributed by atoms with E-state index < -0.39 is 0 Å². The second-order valence-corrected chi connectivity index (χ2v) is 4.70. The van der Waals surface area contributed by atoms with Crippen molar-refractivity contribution >= 4 is 5.91 Å². The third-order valence-corrected chi connectivity index (χ3v) is 3.24. The standard InChI is InChI=1S/C11H19N5O/c1-8-5-15(9(2)4-13-8)11(17)10(3)16-7-12-6-14-16/h6-10,13H,4-5H2,1-3H3. The number of piperazine rings is 1. The van der Waals surface area contributed by atoms with Gasteiger partial charge in [0, 0.05) is 25.2 Å². The number of carbonyl (C=O) groups excluding carboxylic acids is 1. The van der Waals surface area contributed by atoms with Crippen molar-refractivity contribution in [2.75, 3.05) is 13.1 Å². The smallest absolute Gasteiger partial charge is 0.247 e. The van der Waals surface area contributed by atoms with Gasteiger partial charge in [0.1, 0.15) is 18.7 Å². The fraction of sp³-hybridized carbons (Fsp3) is 0.727. The number of carbonyl (C=O) groups is 1. The predicted molar refractivity (Wildman–Crippen MR) is 63.4 cm³/mol. The Kier molecular flexibility index (Phi) is 3.42. The van der Waals surface area contributed by atoms with E-state index in [-0.39, 0.29) is 18.0 Å². The minimum Gasteiger partial charge on any atom is -0.335 e. The van der Waals surface area contributed by atoms with Crippen molar-refractivity contribution in [3.63, 3.8) is 0 Å². The molecule has 1 saturated heterocycles. The summed E-state index contributed by atoms with van der Waals surface area (Å²) in [5.41, 5.74) is 0. The van der Waals surface area contributed by atoms with Crippen LogP contribution in [0, 0.1) is 0 Å². The second kappa shape index (κ2) is 4.83. The van der Waals surface area contributed by atoms with Crippen molar-refractivity contribution in [2.45, 2.75) is 38.9 Å². The summed E-state index contributed by atoms with van der Waals surface area (Å²) < 4.78 is 1.60. The molecule has 0 spiro atoms.